The summed E-state index contributed by atoms with van der Waals surface area (Å²) in [6.45, 7) is 4.00. The first-order chi connectivity index (χ1) is 12.7. The van der Waals surface area contributed by atoms with Crippen LogP contribution in [0.15, 0.2) is 48.5 Å². The van der Waals surface area contributed by atoms with E-state index in [0.717, 1.165) is 23.6 Å². The molecule has 3 rings (SSSR count). The highest BCUT2D eigenvalue weighted by atomic mass is 35.5. The van der Waals surface area contributed by atoms with Gasteiger partial charge in [0, 0.05) is 24.5 Å². The van der Waals surface area contributed by atoms with Crippen molar-refractivity contribution in [3.8, 4) is 0 Å². The van der Waals surface area contributed by atoms with Crippen LogP contribution in [0.3, 0.4) is 0 Å². The average molecular weight is 371 g/mol. The van der Waals surface area contributed by atoms with Gasteiger partial charge in [0.15, 0.2) is 0 Å². The van der Waals surface area contributed by atoms with Crippen molar-refractivity contribution in [2.24, 2.45) is 0 Å². The van der Waals surface area contributed by atoms with Gasteiger partial charge < -0.3 is 5.32 Å². The Bertz CT molecular complexity index is 708. The summed E-state index contributed by atoms with van der Waals surface area (Å²) >= 11 is 5.88. The molecule has 0 aliphatic carbocycles. The minimum atomic E-state index is 0.0846. The fourth-order valence-corrected chi connectivity index (χ4v) is 3.54. The van der Waals surface area contributed by atoms with Gasteiger partial charge in [0.2, 0.25) is 5.91 Å². The topological polar surface area (TPSA) is 32.3 Å². The number of hydrogen-bond donors (Lipinski definition) is 1. The van der Waals surface area contributed by atoms with Crippen molar-refractivity contribution in [2.75, 3.05) is 13.1 Å². The molecule has 0 atom stereocenters. The van der Waals surface area contributed by atoms with E-state index in [0.29, 0.717) is 13.0 Å². The summed E-state index contributed by atoms with van der Waals surface area (Å²) in [6.07, 6.45) is 5.21. The average Bonchev–Trinajstić information content (AvgIpc) is 2.67. The Labute approximate surface area is 161 Å². The molecule has 1 aliphatic rings. The number of benzene rings is 2. The van der Waals surface area contributed by atoms with Gasteiger partial charge in [0.1, 0.15) is 0 Å². The second-order valence-corrected chi connectivity index (χ2v) is 7.50. The maximum atomic E-state index is 12.1. The van der Waals surface area contributed by atoms with Crippen LogP contribution < -0.4 is 5.32 Å². The number of piperidine rings is 1. The molecule has 1 heterocycles. The van der Waals surface area contributed by atoms with Gasteiger partial charge in [0.25, 0.3) is 0 Å². The van der Waals surface area contributed by atoms with Gasteiger partial charge in [-0.3, -0.25) is 9.69 Å². The fraction of sp³-hybridized carbons (Fsp3) is 0.409. The minimum Gasteiger partial charge on any atom is -0.352 e. The zero-order chi connectivity index (χ0) is 18.2. The molecule has 26 heavy (non-hydrogen) atoms. The van der Waals surface area contributed by atoms with Crippen LogP contribution in [-0.2, 0) is 24.3 Å². The van der Waals surface area contributed by atoms with Crippen molar-refractivity contribution in [3.63, 3.8) is 0 Å². The highest BCUT2D eigenvalue weighted by Gasteiger charge is 2.10. The van der Waals surface area contributed by atoms with Crippen molar-refractivity contribution in [2.45, 2.75) is 45.2 Å². The third-order valence-electron chi connectivity index (χ3n) is 4.89. The van der Waals surface area contributed by atoms with E-state index in [4.69, 9.17) is 11.6 Å². The largest absolute Gasteiger partial charge is 0.352 e. The standard InChI is InChI=1S/C22H27ClN2O/c23-21-10-7-18(8-11-21)9-12-22(26)24-16-19-5-4-6-20(15-19)17-25-13-2-1-3-14-25/h4-8,10-11,15H,1-3,9,12-14,16-17H2,(H,24,26). The highest BCUT2D eigenvalue weighted by Crippen LogP contribution is 2.14. The second kappa shape index (κ2) is 9.75. The number of carbonyl (C=O) groups is 1. The third kappa shape index (κ3) is 6.15. The molecule has 4 heteroatoms. The summed E-state index contributed by atoms with van der Waals surface area (Å²) in [5.41, 5.74) is 3.63. The van der Waals surface area contributed by atoms with Crippen LogP contribution in [0.4, 0.5) is 0 Å². The Hall–Kier alpha value is -1.84. The lowest BCUT2D eigenvalue weighted by atomic mass is 10.1. The Morgan fingerprint density at radius 2 is 1.69 bits per heavy atom. The number of aryl methyl sites for hydroxylation is 1. The predicted molar refractivity (Wildman–Crippen MR) is 107 cm³/mol. The van der Waals surface area contributed by atoms with Gasteiger partial charge in [0.05, 0.1) is 0 Å². The first-order valence-electron chi connectivity index (χ1n) is 9.50. The molecule has 0 radical (unpaired) electrons. The van der Waals surface area contributed by atoms with Crippen LogP contribution in [0.25, 0.3) is 0 Å². The molecule has 0 spiro atoms. The lowest BCUT2D eigenvalue weighted by molar-refractivity contribution is -0.121. The summed E-state index contributed by atoms with van der Waals surface area (Å²) in [4.78, 5) is 14.6. The zero-order valence-corrected chi connectivity index (χ0v) is 16.0. The third-order valence-corrected chi connectivity index (χ3v) is 5.14. The molecule has 2 aromatic carbocycles. The van der Waals surface area contributed by atoms with Crippen molar-refractivity contribution in [1.29, 1.82) is 0 Å². The van der Waals surface area contributed by atoms with E-state index in [1.165, 1.54) is 43.5 Å². The smallest absolute Gasteiger partial charge is 0.220 e. The van der Waals surface area contributed by atoms with E-state index in [-0.39, 0.29) is 5.91 Å². The Morgan fingerprint density at radius 1 is 0.962 bits per heavy atom. The van der Waals surface area contributed by atoms with Crippen molar-refractivity contribution >= 4 is 17.5 Å². The molecule has 0 aromatic heterocycles. The lowest BCUT2D eigenvalue weighted by Crippen LogP contribution is -2.29. The summed E-state index contributed by atoms with van der Waals surface area (Å²) in [7, 11) is 0. The summed E-state index contributed by atoms with van der Waals surface area (Å²) < 4.78 is 0. The number of carbonyl (C=O) groups excluding carboxylic acids is 1. The van der Waals surface area contributed by atoms with E-state index in [2.05, 4.69) is 34.5 Å². The molecule has 1 aliphatic heterocycles. The molecule has 1 fully saturated rings. The molecule has 0 unspecified atom stereocenters. The first kappa shape index (κ1) is 18.9. The minimum absolute atomic E-state index is 0.0846. The highest BCUT2D eigenvalue weighted by molar-refractivity contribution is 6.30. The van der Waals surface area contributed by atoms with E-state index < -0.39 is 0 Å². The monoisotopic (exact) mass is 370 g/mol. The number of amides is 1. The van der Waals surface area contributed by atoms with E-state index >= 15 is 0 Å². The Morgan fingerprint density at radius 3 is 2.46 bits per heavy atom. The van der Waals surface area contributed by atoms with Crippen LogP contribution >= 0.6 is 11.6 Å². The summed E-state index contributed by atoms with van der Waals surface area (Å²) in [5.74, 6) is 0.0846. The zero-order valence-electron chi connectivity index (χ0n) is 15.2. The van der Waals surface area contributed by atoms with E-state index in [1.54, 1.807) is 0 Å². The lowest BCUT2D eigenvalue weighted by Gasteiger charge is -2.26. The van der Waals surface area contributed by atoms with Crippen molar-refractivity contribution in [3.05, 3.63) is 70.2 Å². The van der Waals surface area contributed by atoms with Gasteiger partial charge in [-0.15, -0.1) is 0 Å². The van der Waals surface area contributed by atoms with Crippen molar-refractivity contribution in [1.82, 2.24) is 10.2 Å². The normalized spacial score (nSPS) is 15.0. The molecule has 0 saturated carbocycles. The first-order valence-corrected chi connectivity index (χ1v) is 9.88. The predicted octanol–water partition coefficient (Wildman–Crippen LogP) is 4.57. The maximum absolute atomic E-state index is 12.1. The van der Waals surface area contributed by atoms with Crippen LogP contribution in [-0.4, -0.2) is 23.9 Å². The number of hydrogen-bond acceptors (Lipinski definition) is 2. The van der Waals surface area contributed by atoms with Gasteiger partial charge in [-0.2, -0.15) is 0 Å². The Balaban J connectivity index is 1.44. The molecule has 3 nitrogen and oxygen atoms in total. The number of nitrogens with zero attached hydrogens (tertiary/aromatic N) is 1. The molecule has 0 bridgehead atoms. The Kier molecular flexibility index (Phi) is 7.10. The molecular weight excluding hydrogens is 344 g/mol. The van der Waals surface area contributed by atoms with Gasteiger partial charge in [-0.1, -0.05) is 54.4 Å². The van der Waals surface area contributed by atoms with Gasteiger partial charge in [-0.05, 0) is 61.2 Å². The van der Waals surface area contributed by atoms with E-state index in [1.807, 2.05) is 24.3 Å². The molecule has 1 saturated heterocycles. The van der Waals surface area contributed by atoms with Crippen LogP contribution in [0.2, 0.25) is 5.02 Å². The molecule has 138 valence electrons. The number of likely N-dealkylation sites (tertiary alicyclic amines) is 1. The molecule has 1 amide bonds. The SMILES string of the molecule is O=C(CCc1ccc(Cl)cc1)NCc1cccc(CN2CCCCC2)c1. The summed E-state index contributed by atoms with van der Waals surface area (Å²) in [5, 5.41) is 3.76. The van der Waals surface area contributed by atoms with Gasteiger partial charge in [-0.25, -0.2) is 0 Å². The second-order valence-electron chi connectivity index (χ2n) is 7.06. The quantitative estimate of drug-likeness (QED) is 0.774. The maximum Gasteiger partial charge on any atom is 0.220 e. The number of rotatable bonds is 7. The fourth-order valence-electron chi connectivity index (χ4n) is 3.41. The molecular formula is C22H27ClN2O. The molecule has 1 N–H and O–H groups in total. The van der Waals surface area contributed by atoms with Crippen LogP contribution in [0, 0.1) is 0 Å². The van der Waals surface area contributed by atoms with Crippen LogP contribution in [0.1, 0.15) is 42.4 Å². The number of nitrogens with one attached hydrogen (secondary N) is 1. The van der Waals surface area contributed by atoms with Crippen LogP contribution in [0.5, 0.6) is 0 Å². The summed E-state index contributed by atoms with van der Waals surface area (Å²) in [6, 6.07) is 16.2. The van der Waals surface area contributed by atoms with E-state index in [9.17, 15) is 4.79 Å². The molecule has 2 aromatic rings. The van der Waals surface area contributed by atoms with Gasteiger partial charge >= 0.3 is 0 Å². The van der Waals surface area contributed by atoms with Crippen molar-refractivity contribution < 1.29 is 4.79 Å². The number of halogens is 1.